The topological polar surface area (TPSA) is 85.2 Å². The summed E-state index contributed by atoms with van der Waals surface area (Å²) < 4.78 is 27.8. The Morgan fingerprint density at radius 1 is 1.15 bits per heavy atom. The zero-order valence-electron chi connectivity index (χ0n) is 12.6. The van der Waals surface area contributed by atoms with Crippen LogP contribution in [0.4, 0.5) is 0 Å². The molecule has 2 N–H and O–H groups in total. The van der Waals surface area contributed by atoms with Crippen LogP contribution in [0.3, 0.4) is 0 Å². The first-order chi connectivity index (χ1) is 9.30. The van der Waals surface area contributed by atoms with Gasteiger partial charge in [-0.25, -0.2) is 0 Å². The van der Waals surface area contributed by atoms with Crippen LogP contribution in [0, 0.1) is 0 Å². The minimum absolute atomic E-state index is 0.135. The average Bonchev–Trinajstić information content (AvgIpc) is 2.43. The monoisotopic (exact) mass is 326 g/mol. The first-order valence-corrected chi connectivity index (χ1v) is 11.3. The molecule has 8 heteroatoms. The second-order valence-electron chi connectivity index (χ2n) is 5.54. The number of hydrogen-bond acceptors (Lipinski definition) is 4. The molecule has 0 atom stereocenters. The summed E-state index contributed by atoms with van der Waals surface area (Å²) in [7, 11) is -2.55. The quantitative estimate of drug-likeness (QED) is 0.404. The van der Waals surface area contributed by atoms with Crippen molar-refractivity contribution in [3.8, 4) is 0 Å². The van der Waals surface area contributed by atoms with Gasteiger partial charge < -0.3 is 23.4 Å². The summed E-state index contributed by atoms with van der Waals surface area (Å²) in [6, 6.07) is 0.887. The minimum atomic E-state index is -3.91. The van der Waals surface area contributed by atoms with Gasteiger partial charge in [0, 0.05) is 20.8 Å². The van der Waals surface area contributed by atoms with Crippen molar-refractivity contribution in [3.63, 3.8) is 0 Å². The van der Waals surface area contributed by atoms with Gasteiger partial charge in [0.25, 0.3) is 0 Å². The molecule has 0 heterocycles. The fourth-order valence-corrected chi connectivity index (χ4v) is 4.81. The highest BCUT2D eigenvalue weighted by Gasteiger charge is 2.33. The van der Waals surface area contributed by atoms with Crippen LogP contribution in [0.1, 0.15) is 32.1 Å². The third kappa shape index (κ3) is 5.93. The molecular formula is C12H27O6PSi. The van der Waals surface area contributed by atoms with Crippen molar-refractivity contribution in [2.75, 3.05) is 20.8 Å². The van der Waals surface area contributed by atoms with E-state index in [0.717, 1.165) is 25.3 Å². The highest BCUT2D eigenvalue weighted by atomic mass is 31.2. The lowest BCUT2D eigenvalue weighted by atomic mass is 9.97. The number of hydrogen-bond donors (Lipinski definition) is 2. The summed E-state index contributed by atoms with van der Waals surface area (Å²) in [6.07, 6.45) is 3.60. The van der Waals surface area contributed by atoms with E-state index in [0.29, 0.717) is 19.4 Å². The summed E-state index contributed by atoms with van der Waals surface area (Å²) in [5, 5.41) is 0. The van der Waals surface area contributed by atoms with E-state index in [2.05, 4.69) is 0 Å². The Morgan fingerprint density at radius 2 is 1.70 bits per heavy atom. The van der Waals surface area contributed by atoms with Gasteiger partial charge in [-0.2, -0.15) is 0 Å². The van der Waals surface area contributed by atoms with E-state index in [-0.39, 0.29) is 6.10 Å². The molecule has 0 aromatic heterocycles. The number of rotatable bonds is 8. The molecule has 1 aliphatic carbocycles. The van der Waals surface area contributed by atoms with Crippen LogP contribution < -0.4 is 0 Å². The third-order valence-corrected chi connectivity index (χ3v) is 8.57. The predicted molar refractivity (Wildman–Crippen MR) is 79.1 cm³/mol. The Balaban J connectivity index is 2.18. The first kappa shape index (κ1) is 18.3. The van der Waals surface area contributed by atoms with Gasteiger partial charge in [0.05, 0.1) is 11.8 Å². The van der Waals surface area contributed by atoms with Crippen molar-refractivity contribution in [2.24, 2.45) is 0 Å². The van der Waals surface area contributed by atoms with E-state index in [4.69, 9.17) is 23.4 Å². The normalized spacial score (nSPS) is 24.9. The largest absolute Gasteiger partial charge is 0.398 e. The third-order valence-electron chi connectivity index (χ3n) is 4.11. The maximum absolute atomic E-state index is 11.2. The summed E-state index contributed by atoms with van der Waals surface area (Å²) >= 11 is 0. The predicted octanol–water partition coefficient (Wildman–Crippen LogP) is 2.25. The molecule has 1 aliphatic rings. The van der Waals surface area contributed by atoms with Crippen LogP contribution >= 0.6 is 7.60 Å². The van der Waals surface area contributed by atoms with E-state index in [1.165, 1.54) is 0 Å². The van der Waals surface area contributed by atoms with Crippen LogP contribution in [-0.2, 0) is 18.2 Å². The molecule has 0 radical (unpaired) electrons. The van der Waals surface area contributed by atoms with Crippen molar-refractivity contribution in [3.05, 3.63) is 0 Å². The molecule has 0 amide bonds. The van der Waals surface area contributed by atoms with E-state index in [1.54, 1.807) is 14.2 Å². The van der Waals surface area contributed by atoms with E-state index in [1.807, 2.05) is 6.55 Å². The van der Waals surface area contributed by atoms with E-state index >= 15 is 0 Å². The van der Waals surface area contributed by atoms with Crippen LogP contribution in [-0.4, -0.2) is 50.9 Å². The molecule has 0 saturated heterocycles. The molecule has 0 spiro atoms. The van der Waals surface area contributed by atoms with Crippen molar-refractivity contribution in [2.45, 2.75) is 56.5 Å². The summed E-state index contributed by atoms with van der Waals surface area (Å²) in [5.41, 5.74) is -0.472. The van der Waals surface area contributed by atoms with Crippen LogP contribution in [0.25, 0.3) is 0 Å². The minimum Gasteiger partial charge on any atom is -0.398 e. The first-order valence-electron chi connectivity index (χ1n) is 7.08. The van der Waals surface area contributed by atoms with Gasteiger partial charge in [0.1, 0.15) is 0 Å². The fraction of sp³-hybridized carbons (Fsp3) is 1.00. The smallest absolute Gasteiger partial charge is 0.334 e. The Labute approximate surface area is 122 Å². The van der Waals surface area contributed by atoms with E-state index in [9.17, 15) is 4.57 Å². The summed E-state index contributed by atoms with van der Waals surface area (Å²) in [5.74, 6) is 0. The van der Waals surface area contributed by atoms with Crippen LogP contribution in [0.2, 0.25) is 12.6 Å². The maximum Gasteiger partial charge on any atom is 0.334 e. The fourth-order valence-electron chi connectivity index (χ4n) is 2.48. The Kier molecular flexibility index (Phi) is 7.35. The lowest BCUT2D eigenvalue weighted by Gasteiger charge is -2.29. The molecule has 6 nitrogen and oxygen atoms in total. The standard InChI is InChI=1S/C12H27O6PSi/c1-16-20(3,17-2)10-4-9-18-11-5-7-12(8-6-11)19(13,14)15/h11-12H,4-10H2,1-3H3,(H2,13,14,15). The van der Waals surface area contributed by atoms with Crippen LogP contribution in [0.15, 0.2) is 0 Å². The molecule has 0 aromatic rings. The van der Waals surface area contributed by atoms with Gasteiger partial charge in [-0.05, 0) is 44.7 Å². The highest BCUT2D eigenvalue weighted by Crippen LogP contribution is 2.48. The maximum atomic E-state index is 11.2. The lowest BCUT2D eigenvalue weighted by molar-refractivity contribution is 0.0274. The molecule has 0 aliphatic heterocycles. The SMILES string of the molecule is CO[Si](C)(CCCOC1CCC(P(=O)(O)O)CC1)OC. The van der Waals surface area contributed by atoms with Gasteiger partial charge in [0.2, 0.25) is 0 Å². The van der Waals surface area contributed by atoms with Crippen molar-refractivity contribution >= 4 is 16.2 Å². The molecule has 1 rings (SSSR count). The van der Waals surface area contributed by atoms with Gasteiger partial charge in [-0.3, -0.25) is 4.57 Å². The highest BCUT2D eigenvalue weighted by molar-refractivity contribution is 7.52. The molecule has 0 bridgehead atoms. The van der Waals surface area contributed by atoms with Crippen molar-refractivity contribution in [1.82, 2.24) is 0 Å². The van der Waals surface area contributed by atoms with E-state index < -0.39 is 21.8 Å². The molecular weight excluding hydrogens is 299 g/mol. The van der Waals surface area contributed by atoms with Crippen molar-refractivity contribution < 1.29 is 27.9 Å². The lowest BCUT2D eigenvalue weighted by Crippen LogP contribution is -2.36. The Morgan fingerprint density at radius 3 is 2.15 bits per heavy atom. The van der Waals surface area contributed by atoms with Gasteiger partial charge in [-0.1, -0.05) is 0 Å². The molecule has 1 fully saturated rings. The second-order valence-corrected chi connectivity index (χ2v) is 11.0. The average molecular weight is 326 g/mol. The van der Waals surface area contributed by atoms with Gasteiger partial charge >= 0.3 is 16.2 Å². The zero-order valence-corrected chi connectivity index (χ0v) is 14.5. The number of ether oxygens (including phenoxy) is 1. The summed E-state index contributed by atoms with van der Waals surface area (Å²) in [4.78, 5) is 18.3. The molecule has 0 aromatic carbocycles. The molecule has 1 saturated carbocycles. The van der Waals surface area contributed by atoms with Gasteiger partial charge in [0.15, 0.2) is 0 Å². The molecule has 120 valence electrons. The molecule has 20 heavy (non-hydrogen) atoms. The zero-order chi connectivity index (χ0) is 15.2. The Hall–Kier alpha value is 0.247. The molecule has 0 unspecified atom stereocenters. The van der Waals surface area contributed by atoms with Crippen molar-refractivity contribution in [1.29, 1.82) is 0 Å². The Bertz CT molecular complexity index is 322. The second kappa shape index (κ2) is 8.03. The van der Waals surface area contributed by atoms with Crippen LogP contribution in [0.5, 0.6) is 0 Å². The van der Waals surface area contributed by atoms with Gasteiger partial charge in [-0.15, -0.1) is 0 Å². The summed E-state index contributed by atoms with van der Waals surface area (Å²) in [6.45, 7) is 2.68.